The predicted octanol–water partition coefficient (Wildman–Crippen LogP) is 3.34. The molecule has 0 N–H and O–H groups in total. The normalized spacial score (nSPS) is 10.5. The first kappa shape index (κ1) is 18.5. The SMILES string of the molecule is COc1ccc(-n2ccc(C(=O)N(C)CCOc3cccc(C)c3)n2)cc1. The molecule has 6 heteroatoms. The smallest absolute Gasteiger partial charge is 0.274 e. The molecule has 27 heavy (non-hydrogen) atoms. The van der Waals surface area contributed by atoms with E-state index in [1.807, 2.05) is 55.5 Å². The Kier molecular flexibility index (Phi) is 5.76. The molecule has 3 aromatic rings. The molecular formula is C21H23N3O3. The molecule has 1 aromatic heterocycles. The largest absolute Gasteiger partial charge is 0.497 e. The number of rotatable bonds is 7. The first-order valence-electron chi connectivity index (χ1n) is 8.72. The lowest BCUT2D eigenvalue weighted by Gasteiger charge is -2.16. The van der Waals surface area contributed by atoms with Crippen LogP contribution in [-0.2, 0) is 0 Å². The quantitative estimate of drug-likeness (QED) is 0.644. The van der Waals surface area contributed by atoms with Crippen molar-refractivity contribution in [3.8, 4) is 17.2 Å². The molecule has 0 aliphatic carbocycles. The van der Waals surface area contributed by atoms with E-state index in [0.717, 1.165) is 22.7 Å². The summed E-state index contributed by atoms with van der Waals surface area (Å²) in [5.41, 5.74) is 2.39. The number of aryl methyl sites for hydroxylation is 1. The number of amides is 1. The standard InChI is InChI=1S/C21H23N3O3/c1-16-5-4-6-19(15-16)27-14-13-23(2)21(25)20-11-12-24(22-20)17-7-9-18(26-3)10-8-17/h4-12,15H,13-14H2,1-3H3. The number of hydrogen-bond donors (Lipinski definition) is 0. The molecule has 0 fully saturated rings. The van der Waals surface area contributed by atoms with Gasteiger partial charge in [0.2, 0.25) is 0 Å². The average molecular weight is 365 g/mol. The van der Waals surface area contributed by atoms with Crippen LogP contribution >= 0.6 is 0 Å². The summed E-state index contributed by atoms with van der Waals surface area (Å²) in [5, 5.41) is 4.38. The minimum absolute atomic E-state index is 0.143. The number of methoxy groups -OCH3 is 1. The number of likely N-dealkylation sites (N-methyl/N-ethyl adjacent to an activating group) is 1. The van der Waals surface area contributed by atoms with Gasteiger partial charge in [-0.1, -0.05) is 12.1 Å². The van der Waals surface area contributed by atoms with Crippen molar-refractivity contribution in [2.24, 2.45) is 0 Å². The minimum Gasteiger partial charge on any atom is -0.497 e. The molecule has 0 saturated carbocycles. The highest BCUT2D eigenvalue weighted by molar-refractivity contribution is 5.92. The van der Waals surface area contributed by atoms with E-state index in [1.54, 1.807) is 36.0 Å². The van der Waals surface area contributed by atoms with Gasteiger partial charge in [-0.05, 0) is 55.0 Å². The molecule has 1 heterocycles. The summed E-state index contributed by atoms with van der Waals surface area (Å²) in [5.74, 6) is 1.44. The Hall–Kier alpha value is -3.28. The first-order chi connectivity index (χ1) is 13.1. The van der Waals surface area contributed by atoms with Crippen LogP contribution in [0.2, 0.25) is 0 Å². The number of benzene rings is 2. The van der Waals surface area contributed by atoms with Crippen molar-refractivity contribution in [1.29, 1.82) is 0 Å². The fourth-order valence-electron chi connectivity index (χ4n) is 2.62. The minimum atomic E-state index is -0.143. The maximum atomic E-state index is 12.6. The zero-order chi connectivity index (χ0) is 19.2. The molecule has 0 atom stereocenters. The number of carbonyl (C=O) groups excluding carboxylic acids is 1. The molecule has 3 rings (SSSR count). The molecule has 0 aliphatic rings. The summed E-state index contributed by atoms with van der Waals surface area (Å²) in [6.45, 7) is 2.91. The van der Waals surface area contributed by atoms with Gasteiger partial charge in [-0.15, -0.1) is 0 Å². The summed E-state index contributed by atoms with van der Waals surface area (Å²) in [6, 6.07) is 17.0. The van der Waals surface area contributed by atoms with Gasteiger partial charge in [0.1, 0.15) is 18.1 Å². The van der Waals surface area contributed by atoms with Gasteiger partial charge in [0, 0.05) is 13.2 Å². The Bertz CT molecular complexity index is 903. The van der Waals surface area contributed by atoms with Gasteiger partial charge >= 0.3 is 0 Å². The second kappa shape index (κ2) is 8.40. The summed E-state index contributed by atoms with van der Waals surface area (Å²) in [6.07, 6.45) is 1.77. The number of aromatic nitrogens is 2. The zero-order valence-corrected chi connectivity index (χ0v) is 15.8. The fraction of sp³-hybridized carbons (Fsp3) is 0.238. The molecular weight excluding hydrogens is 342 g/mol. The molecule has 6 nitrogen and oxygen atoms in total. The fourth-order valence-corrected chi connectivity index (χ4v) is 2.62. The van der Waals surface area contributed by atoms with Crippen molar-refractivity contribution in [3.05, 3.63) is 72.1 Å². The van der Waals surface area contributed by atoms with Crippen LogP contribution in [0.4, 0.5) is 0 Å². The van der Waals surface area contributed by atoms with Gasteiger partial charge in [0.05, 0.1) is 19.3 Å². The summed E-state index contributed by atoms with van der Waals surface area (Å²) >= 11 is 0. The first-order valence-corrected chi connectivity index (χ1v) is 8.72. The van der Waals surface area contributed by atoms with Crippen LogP contribution in [0.25, 0.3) is 5.69 Å². The van der Waals surface area contributed by atoms with Crippen molar-refractivity contribution < 1.29 is 14.3 Å². The van der Waals surface area contributed by atoms with Crippen molar-refractivity contribution in [2.75, 3.05) is 27.3 Å². The summed E-state index contributed by atoms with van der Waals surface area (Å²) in [4.78, 5) is 14.2. The van der Waals surface area contributed by atoms with E-state index in [4.69, 9.17) is 9.47 Å². The zero-order valence-electron chi connectivity index (χ0n) is 15.8. The highest BCUT2D eigenvalue weighted by Crippen LogP contribution is 2.15. The van der Waals surface area contributed by atoms with Crippen molar-refractivity contribution >= 4 is 5.91 Å². The highest BCUT2D eigenvalue weighted by atomic mass is 16.5. The van der Waals surface area contributed by atoms with Crippen LogP contribution in [0.1, 0.15) is 16.1 Å². The molecule has 0 saturated heterocycles. The lowest BCUT2D eigenvalue weighted by molar-refractivity contribution is 0.0767. The van der Waals surface area contributed by atoms with Gasteiger partial charge in [-0.3, -0.25) is 4.79 Å². The van der Waals surface area contributed by atoms with Gasteiger partial charge in [-0.2, -0.15) is 5.10 Å². The van der Waals surface area contributed by atoms with E-state index >= 15 is 0 Å². The third kappa shape index (κ3) is 4.67. The lowest BCUT2D eigenvalue weighted by atomic mass is 10.2. The van der Waals surface area contributed by atoms with Crippen molar-refractivity contribution in [1.82, 2.24) is 14.7 Å². The predicted molar refractivity (Wildman–Crippen MR) is 104 cm³/mol. The molecule has 140 valence electrons. The van der Waals surface area contributed by atoms with Crippen molar-refractivity contribution in [3.63, 3.8) is 0 Å². The number of carbonyl (C=O) groups is 1. The topological polar surface area (TPSA) is 56.6 Å². The third-order valence-corrected chi connectivity index (χ3v) is 4.18. The summed E-state index contributed by atoms with van der Waals surface area (Å²) < 4.78 is 12.5. The van der Waals surface area contributed by atoms with E-state index < -0.39 is 0 Å². The Morgan fingerprint density at radius 3 is 2.59 bits per heavy atom. The molecule has 0 unspecified atom stereocenters. The molecule has 0 radical (unpaired) electrons. The van der Waals surface area contributed by atoms with Gasteiger partial charge in [0.15, 0.2) is 5.69 Å². The number of ether oxygens (including phenoxy) is 2. The van der Waals surface area contributed by atoms with Crippen LogP contribution in [-0.4, -0.2) is 47.9 Å². The second-order valence-corrected chi connectivity index (χ2v) is 6.24. The lowest BCUT2D eigenvalue weighted by Crippen LogP contribution is -2.31. The van der Waals surface area contributed by atoms with Crippen LogP contribution in [0, 0.1) is 6.92 Å². The Morgan fingerprint density at radius 1 is 1.11 bits per heavy atom. The third-order valence-electron chi connectivity index (χ3n) is 4.18. The Morgan fingerprint density at radius 2 is 1.89 bits per heavy atom. The van der Waals surface area contributed by atoms with E-state index in [0.29, 0.717) is 18.8 Å². The van der Waals surface area contributed by atoms with E-state index in [1.165, 1.54) is 0 Å². The number of nitrogens with zero attached hydrogens (tertiary/aromatic N) is 3. The van der Waals surface area contributed by atoms with Crippen LogP contribution in [0.3, 0.4) is 0 Å². The average Bonchev–Trinajstić information content (AvgIpc) is 3.17. The van der Waals surface area contributed by atoms with Crippen LogP contribution in [0.5, 0.6) is 11.5 Å². The van der Waals surface area contributed by atoms with Gasteiger partial charge < -0.3 is 14.4 Å². The van der Waals surface area contributed by atoms with E-state index in [-0.39, 0.29) is 5.91 Å². The Labute approximate surface area is 158 Å². The van der Waals surface area contributed by atoms with Gasteiger partial charge in [-0.25, -0.2) is 4.68 Å². The van der Waals surface area contributed by atoms with Crippen molar-refractivity contribution in [2.45, 2.75) is 6.92 Å². The highest BCUT2D eigenvalue weighted by Gasteiger charge is 2.15. The van der Waals surface area contributed by atoms with Crippen LogP contribution < -0.4 is 9.47 Å². The summed E-state index contributed by atoms with van der Waals surface area (Å²) in [7, 11) is 3.37. The van der Waals surface area contributed by atoms with Gasteiger partial charge in [0.25, 0.3) is 5.91 Å². The molecule has 0 spiro atoms. The molecule has 1 amide bonds. The molecule has 0 bridgehead atoms. The maximum absolute atomic E-state index is 12.6. The Balaban J connectivity index is 1.57. The van der Waals surface area contributed by atoms with Crippen LogP contribution in [0.15, 0.2) is 60.8 Å². The van der Waals surface area contributed by atoms with E-state index in [2.05, 4.69) is 5.10 Å². The second-order valence-electron chi connectivity index (χ2n) is 6.24. The monoisotopic (exact) mass is 365 g/mol. The molecule has 0 aliphatic heterocycles. The molecule has 2 aromatic carbocycles. The maximum Gasteiger partial charge on any atom is 0.274 e. The number of hydrogen-bond acceptors (Lipinski definition) is 4. The van der Waals surface area contributed by atoms with E-state index in [9.17, 15) is 4.79 Å².